The van der Waals surface area contributed by atoms with Gasteiger partial charge in [0.15, 0.2) is 11.0 Å². The number of rotatable bonds is 5. The second-order valence-electron chi connectivity index (χ2n) is 5.69. The van der Waals surface area contributed by atoms with Crippen molar-refractivity contribution in [3.05, 3.63) is 59.1 Å². The van der Waals surface area contributed by atoms with Crippen molar-refractivity contribution < 1.29 is 13.6 Å². The Morgan fingerprint density at radius 1 is 1.15 bits per heavy atom. The van der Waals surface area contributed by atoms with E-state index in [1.54, 1.807) is 24.6 Å². The molecule has 0 spiro atoms. The van der Waals surface area contributed by atoms with Crippen LogP contribution in [0.4, 0.5) is 14.5 Å². The molecule has 9 heteroatoms. The molecule has 0 saturated carbocycles. The molecule has 0 bridgehead atoms. The van der Waals surface area contributed by atoms with Crippen molar-refractivity contribution in [2.75, 3.05) is 5.32 Å². The molecule has 27 heavy (non-hydrogen) atoms. The SMILES string of the molecule is CC(Sc1nnc(-c2ccccc2Cl)n1C)C(=O)Nc1c(F)cccc1F. The quantitative estimate of drug-likeness (QED) is 0.630. The Kier molecular flexibility index (Phi) is 5.76. The molecule has 1 heterocycles. The van der Waals surface area contributed by atoms with Crippen LogP contribution >= 0.6 is 23.4 Å². The number of halogens is 3. The van der Waals surface area contributed by atoms with Crippen molar-refractivity contribution in [3.63, 3.8) is 0 Å². The highest BCUT2D eigenvalue weighted by molar-refractivity contribution is 8.00. The highest BCUT2D eigenvalue weighted by atomic mass is 35.5. The number of para-hydroxylation sites is 1. The summed E-state index contributed by atoms with van der Waals surface area (Å²) in [7, 11) is 1.75. The number of carbonyl (C=O) groups excluding carboxylic acids is 1. The average molecular weight is 409 g/mol. The molecular weight excluding hydrogens is 394 g/mol. The molecule has 5 nitrogen and oxygen atoms in total. The number of hydrogen-bond acceptors (Lipinski definition) is 4. The Morgan fingerprint density at radius 2 is 1.81 bits per heavy atom. The zero-order chi connectivity index (χ0) is 19.6. The number of nitrogens with zero attached hydrogens (tertiary/aromatic N) is 3. The van der Waals surface area contributed by atoms with Gasteiger partial charge in [-0.3, -0.25) is 4.79 Å². The van der Waals surface area contributed by atoms with Gasteiger partial charge in [0.1, 0.15) is 17.3 Å². The minimum absolute atomic E-state index is 0.468. The summed E-state index contributed by atoms with van der Waals surface area (Å²) in [5, 5.41) is 10.8. The molecule has 1 N–H and O–H groups in total. The van der Waals surface area contributed by atoms with E-state index in [0.717, 1.165) is 23.9 Å². The second-order valence-corrected chi connectivity index (χ2v) is 7.41. The van der Waals surface area contributed by atoms with Gasteiger partial charge in [-0.25, -0.2) is 8.78 Å². The van der Waals surface area contributed by atoms with E-state index in [1.807, 2.05) is 18.2 Å². The van der Waals surface area contributed by atoms with Crippen molar-refractivity contribution >= 4 is 35.0 Å². The van der Waals surface area contributed by atoms with Crippen LogP contribution in [0.15, 0.2) is 47.6 Å². The lowest BCUT2D eigenvalue weighted by Gasteiger charge is -2.12. The van der Waals surface area contributed by atoms with Crippen LogP contribution in [0.1, 0.15) is 6.92 Å². The van der Waals surface area contributed by atoms with E-state index in [9.17, 15) is 13.6 Å². The smallest absolute Gasteiger partial charge is 0.237 e. The van der Waals surface area contributed by atoms with Crippen molar-refractivity contribution in [2.24, 2.45) is 7.05 Å². The molecule has 0 aliphatic heterocycles. The number of hydrogen-bond donors (Lipinski definition) is 1. The largest absolute Gasteiger partial charge is 0.320 e. The highest BCUT2D eigenvalue weighted by Gasteiger charge is 2.22. The first-order chi connectivity index (χ1) is 12.9. The molecule has 1 amide bonds. The number of aromatic nitrogens is 3. The second kappa shape index (κ2) is 8.06. The lowest BCUT2D eigenvalue weighted by atomic mass is 10.2. The number of amides is 1. The van der Waals surface area contributed by atoms with Crippen LogP contribution in [-0.2, 0) is 11.8 Å². The molecule has 0 aliphatic carbocycles. The van der Waals surface area contributed by atoms with E-state index >= 15 is 0 Å². The molecule has 3 aromatic rings. The Bertz CT molecular complexity index is 975. The van der Waals surface area contributed by atoms with Crippen LogP contribution < -0.4 is 5.32 Å². The molecule has 3 rings (SSSR count). The molecule has 2 aromatic carbocycles. The number of thioether (sulfide) groups is 1. The summed E-state index contributed by atoms with van der Waals surface area (Å²) < 4.78 is 29.1. The summed E-state index contributed by atoms with van der Waals surface area (Å²) in [6.07, 6.45) is 0. The molecular formula is C18H15ClF2N4OS. The molecule has 0 radical (unpaired) electrons. The summed E-state index contributed by atoms with van der Waals surface area (Å²) in [5.74, 6) is -1.66. The molecule has 1 aromatic heterocycles. The van der Waals surface area contributed by atoms with E-state index in [-0.39, 0.29) is 0 Å². The summed E-state index contributed by atoms with van der Waals surface area (Å²) >= 11 is 7.31. The van der Waals surface area contributed by atoms with Gasteiger partial charge < -0.3 is 9.88 Å². The summed E-state index contributed by atoms with van der Waals surface area (Å²) in [5.41, 5.74) is 0.247. The van der Waals surface area contributed by atoms with E-state index < -0.39 is 28.5 Å². The van der Waals surface area contributed by atoms with E-state index in [4.69, 9.17) is 11.6 Å². The van der Waals surface area contributed by atoms with Crippen molar-refractivity contribution in [2.45, 2.75) is 17.3 Å². The maximum absolute atomic E-state index is 13.7. The van der Waals surface area contributed by atoms with Gasteiger partial charge in [-0.2, -0.15) is 0 Å². The van der Waals surface area contributed by atoms with E-state index in [2.05, 4.69) is 15.5 Å². The van der Waals surface area contributed by atoms with Crippen LogP contribution in [0.5, 0.6) is 0 Å². The average Bonchev–Trinajstić information content (AvgIpc) is 2.99. The number of carbonyl (C=O) groups is 1. The third kappa shape index (κ3) is 4.12. The van der Waals surface area contributed by atoms with Crippen LogP contribution in [0.3, 0.4) is 0 Å². The fourth-order valence-corrected chi connectivity index (χ4v) is 3.38. The molecule has 140 valence electrons. The zero-order valence-corrected chi connectivity index (χ0v) is 16.0. The third-order valence-corrected chi connectivity index (χ3v) is 5.28. The normalized spacial score (nSPS) is 12.0. The third-order valence-electron chi connectivity index (χ3n) is 3.81. The monoisotopic (exact) mass is 408 g/mol. The minimum Gasteiger partial charge on any atom is -0.320 e. The lowest BCUT2D eigenvalue weighted by molar-refractivity contribution is -0.115. The minimum atomic E-state index is -0.833. The van der Waals surface area contributed by atoms with Gasteiger partial charge in [-0.05, 0) is 31.2 Å². The number of benzene rings is 2. The van der Waals surface area contributed by atoms with E-state index in [1.165, 1.54) is 6.07 Å². The predicted molar refractivity (Wildman–Crippen MR) is 102 cm³/mol. The Morgan fingerprint density at radius 3 is 2.48 bits per heavy atom. The van der Waals surface area contributed by atoms with Gasteiger partial charge in [0.05, 0.1) is 10.3 Å². The standard InChI is InChI=1S/C18H15ClF2N4OS/c1-10(17(26)22-15-13(20)8-5-9-14(15)21)27-18-24-23-16(25(18)2)11-6-3-4-7-12(11)19/h3-10H,1-2H3,(H,22,26). The maximum atomic E-state index is 13.7. The first-order valence-corrected chi connectivity index (χ1v) is 9.20. The van der Waals surface area contributed by atoms with Gasteiger partial charge in [0, 0.05) is 12.6 Å². The Balaban J connectivity index is 1.76. The first kappa shape index (κ1) is 19.3. The molecule has 1 unspecified atom stereocenters. The van der Waals surface area contributed by atoms with Crippen LogP contribution in [0.25, 0.3) is 11.4 Å². The van der Waals surface area contributed by atoms with Crippen molar-refractivity contribution in [1.82, 2.24) is 14.8 Å². The van der Waals surface area contributed by atoms with E-state index in [0.29, 0.717) is 21.6 Å². The van der Waals surface area contributed by atoms with Crippen molar-refractivity contribution in [1.29, 1.82) is 0 Å². The maximum Gasteiger partial charge on any atom is 0.237 e. The summed E-state index contributed by atoms with van der Waals surface area (Å²) in [6, 6.07) is 10.6. The Labute approximate surface area is 163 Å². The number of nitrogens with one attached hydrogen (secondary N) is 1. The van der Waals surface area contributed by atoms with Crippen LogP contribution in [-0.4, -0.2) is 25.9 Å². The van der Waals surface area contributed by atoms with Crippen molar-refractivity contribution in [3.8, 4) is 11.4 Å². The predicted octanol–water partition coefficient (Wildman–Crippen LogP) is 4.53. The molecule has 0 saturated heterocycles. The van der Waals surface area contributed by atoms with Gasteiger partial charge in [-0.15, -0.1) is 10.2 Å². The molecule has 1 atom stereocenters. The fourth-order valence-electron chi connectivity index (χ4n) is 2.35. The highest BCUT2D eigenvalue weighted by Crippen LogP contribution is 2.30. The van der Waals surface area contributed by atoms with Gasteiger partial charge in [0.25, 0.3) is 0 Å². The molecule has 0 aliphatic rings. The van der Waals surface area contributed by atoms with Gasteiger partial charge >= 0.3 is 0 Å². The van der Waals surface area contributed by atoms with Crippen LogP contribution in [0.2, 0.25) is 5.02 Å². The van der Waals surface area contributed by atoms with Gasteiger partial charge in [-0.1, -0.05) is 41.6 Å². The Hall–Kier alpha value is -2.45. The van der Waals surface area contributed by atoms with Gasteiger partial charge in [0.2, 0.25) is 5.91 Å². The van der Waals surface area contributed by atoms with Crippen LogP contribution in [0, 0.1) is 11.6 Å². The fraction of sp³-hybridized carbons (Fsp3) is 0.167. The topological polar surface area (TPSA) is 59.8 Å². The summed E-state index contributed by atoms with van der Waals surface area (Å²) in [6.45, 7) is 1.61. The summed E-state index contributed by atoms with van der Waals surface area (Å²) in [4.78, 5) is 12.3. The molecule has 0 fully saturated rings. The lowest BCUT2D eigenvalue weighted by Crippen LogP contribution is -2.24. The first-order valence-electron chi connectivity index (χ1n) is 7.94. The zero-order valence-electron chi connectivity index (χ0n) is 14.4. The number of anilines is 1.